The van der Waals surface area contributed by atoms with Crippen molar-refractivity contribution in [1.82, 2.24) is 23.6 Å². The normalized spacial score (nSPS) is 18.8. The van der Waals surface area contributed by atoms with Gasteiger partial charge in [-0.25, -0.2) is 15.0 Å². The Bertz CT molecular complexity index is 968. The van der Waals surface area contributed by atoms with Crippen LogP contribution >= 0.6 is 0 Å². The van der Waals surface area contributed by atoms with Crippen molar-refractivity contribution < 1.29 is 21.6 Å². The van der Waals surface area contributed by atoms with Crippen LogP contribution in [0.4, 0.5) is 24.9 Å². The summed E-state index contributed by atoms with van der Waals surface area (Å²) in [5.74, 6) is -0.607. The molecule has 0 amide bonds. The molecule has 1 aliphatic rings. The van der Waals surface area contributed by atoms with Gasteiger partial charge in [-0.15, -0.1) is 0 Å². The maximum absolute atomic E-state index is 13.2. The molecule has 8 nitrogen and oxygen atoms in total. The molecular formula is C17H21F3N6O2S. The standard InChI is InChI=1S/C17H21F3N6O2S/c1-25(2)29(27,28)26-10-4-5-12(11-26)14-7-9-22-16(23-14)24-15-13(17(18,19)20)6-3-8-21-15/h3,6-9,12H,4-5,10-11H2,1-2H3,(H,21,22,23,24)/t12-/m1/s1. The number of alkyl halides is 3. The van der Waals surface area contributed by atoms with Gasteiger partial charge in [0.15, 0.2) is 0 Å². The van der Waals surface area contributed by atoms with Gasteiger partial charge in [0, 0.05) is 45.5 Å². The summed E-state index contributed by atoms with van der Waals surface area (Å²) < 4.78 is 66.8. The molecule has 158 valence electrons. The Morgan fingerprint density at radius 3 is 2.66 bits per heavy atom. The molecule has 0 aliphatic carbocycles. The van der Waals surface area contributed by atoms with E-state index in [1.165, 1.54) is 36.9 Å². The summed E-state index contributed by atoms with van der Waals surface area (Å²) in [4.78, 5) is 12.0. The van der Waals surface area contributed by atoms with Gasteiger partial charge in [-0.1, -0.05) is 0 Å². The predicted octanol–water partition coefficient (Wildman–Crippen LogP) is 2.62. The zero-order valence-corrected chi connectivity index (χ0v) is 16.7. The Labute approximate surface area is 167 Å². The molecule has 0 saturated carbocycles. The SMILES string of the molecule is CN(C)S(=O)(=O)N1CCC[C@@H](c2ccnc(Nc3ncccc3C(F)(F)F)n2)C1. The van der Waals surface area contributed by atoms with Gasteiger partial charge in [-0.3, -0.25) is 0 Å². The van der Waals surface area contributed by atoms with Gasteiger partial charge in [0.2, 0.25) is 5.95 Å². The van der Waals surface area contributed by atoms with Crippen LogP contribution in [0.3, 0.4) is 0 Å². The number of aromatic nitrogens is 3. The molecule has 1 saturated heterocycles. The lowest BCUT2D eigenvalue weighted by molar-refractivity contribution is -0.137. The average Bonchev–Trinajstić information content (AvgIpc) is 2.68. The van der Waals surface area contributed by atoms with E-state index in [-0.39, 0.29) is 18.4 Å². The fourth-order valence-corrected chi connectivity index (χ4v) is 4.31. The van der Waals surface area contributed by atoms with Crippen molar-refractivity contribution in [2.24, 2.45) is 0 Å². The maximum Gasteiger partial charge on any atom is 0.419 e. The van der Waals surface area contributed by atoms with Gasteiger partial charge < -0.3 is 5.32 Å². The predicted molar refractivity (Wildman–Crippen MR) is 101 cm³/mol. The third-order valence-corrected chi connectivity index (χ3v) is 6.52. The van der Waals surface area contributed by atoms with Crippen LogP contribution in [0.25, 0.3) is 0 Å². The second-order valence-corrected chi connectivity index (χ2v) is 8.96. The van der Waals surface area contributed by atoms with E-state index in [9.17, 15) is 21.6 Å². The lowest BCUT2D eigenvalue weighted by atomic mass is 9.96. The number of anilines is 2. The molecule has 1 fully saturated rings. The maximum atomic E-state index is 13.2. The first kappa shape index (κ1) is 21.4. The van der Waals surface area contributed by atoms with Gasteiger partial charge in [0.05, 0.1) is 11.3 Å². The van der Waals surface area contributed by atoms with Crippen molar-refractivity contribution in [2.45, 2.75) is 24.9 Å². The van der Waals surface area contributed by atoms with Gasteiger partial charge in [-0.2, -0.15) is 30.2 Å². The monoisotopic (exact) mass is 430 g/mol. The fraction of sp³-hybridized carbons (Fsp3) is 0.471. The van der Waals surface area contributed by atoms with Crippen molar-refractivity contribution >= 4 is 22.0 Å². The summed E-state index contributed by atoms with van der Waals surface area (Å²) in [5.41, 5.74) is -0.361. The van der Waals surface area contributed by atoms with Crippen LogP contribution in [-0.4, -0.2) is 59.2 Å². The topological polar surface area (TPSA) is 91.3 Å². The Morgan fingerprint density at radius 1 is 1.21 bits per heavy atom. The van der Waals surface area contributed by atoms with Crippen LogP contribution in [0.5, 0.6) is 0 Å². The molecule has 3 heterocycles. The summed E-state index contributed by atoms with van der Waals surface area (Å²) in [7, 11) is -0.611. The first-order valence-corrected chi connectivity index (χ1v) is 10.3. The minimum absolute atomic E-state index is 0.0284. The molecule has 0 bridgehead atoms. The van der Waals surface area contributed by atoms with Gasteiger partial charge in [-0.05, 0) is 31.0 Å². The smallest absolute Gasteiger partial charge is 0.308 e. The Kier molecular flexibility index (Phi) is 6.05. The molecule has 1 atom stereocenters. The highest BCUT2D eigenvalue weighted by Crippen LogP contribution is 2.34. The van der Waals surface area contributed by atoms with Crippen LogP contribution in [0.2, 0.25) is 0 Å². The number of rotatable bonds is 5. The first-order chi connectivity index (χ1) is 13.6. The molecule has 1 N–H and O–H groups in total. The Hall–Kier alpha value is -2.31. The first-order valence-electron chi connectivity index (χ1n) is 8.89. The van der Waals surface area contributed by atoms with E-state index in [1.54, 1.807) is 6.07 Å². The van der Waals surface area contributed by atoms with E-state index in [1.807, 2.05) is 0 Å². The molecule has 2 aromatic heterocycles. The minimum atomic E-state index is -4.57. The van der Waals surface area contributed by atoms with E-state index in [0.717, 1.165) is 10.4 Å². The zero-order valence-electron chi connectivity index (χ0n) is 15.9. The number of nitrogens with zero attached hydrogens (tertiary/aromatic N) is 5. The molecular weight excluding hydrogens is 409 g/mol. The van der Waals surface area contributed by atoms with Crippen molar-refractivity contribution in [2.75, 3.05) is 32.5 Å². The third kappa shape index (κ3) is 4.82. The molecule has 0 spiro atoms. The lowest BCUT2D eigenvalue weighted by Gasteiger charge is -2.33. The Balaban J connectivity index is 1.82. The van der Waals surface area contributed by atoms with E-state index in [0.29, 0.717) is 25.1 Å². The van der Waals surface area contributed by atoms with Crippen LogP contribution < -0.4 is 5.32 Å². The number of pyridine rings is 1. The second-order valence-electron chi connectivity index (χ2n) is 6.81. The molecule has 0 radical (unpaired) electrons. The summed E-state index contributed by atoms with van der Waals surface area (Å²) in [5, 5.41) is 2.52. The van der Waals surface area contributed by atoms with Crippen molar-refractivity contribution in [3.05, 3.63) is 41.9 Å². The van der Waals surface area contributed by atoms with Crippen molar-refractivity contribution in [3.8, 4) is 0 Å². The summed E-state index contributed by atoms with van der Waals surface area (Å²) in [6.07, 6.45) is -0.526. The average molecular weight is 430 g/mol. The lowest BCUT2D eigenvalue weighted by Crippen LogP contribution is -2.45. The molecule has 0 aromatic carbocycles. The summed E-state index contributed by atoms with van der Waals surface area (Å²) in [6, 6.07) is 3.77. The summed E-state index contributed by atoms with van der Waals surface area (Å²) >= 11 is 0. The van der Waals surface area contributed by atoms with Gasteiger partial charge >= 0.3 is 6.18 Å². The highest BCUT2D eigenvalue weighted by Gasteiger charge is 2.35. The van der Waals surface area contributed by atoms with E-state index < -0.39 is 27.8 Å². The number of hydrogen-bond donors (Lipinski definition) is 1. The van der Waals surface area contributed by atoms with Crippen LogP contribution in [0.1, 0.15) is 30.0 Å². The van der Waals surface area contributed by atoms with Gasteiger partial charge in [0.1, 0.15) is 5.82 Å². The molecule has 0 unspecified atom stereocenters. The van der Waals surface area contributed by atoms with Crippen molar-refractivity contribution in [1.29, 1.82) is 0 Å². The number of piperidine rings is 1. The van der Waals surface area contributed by atoms with E-state index >= 15 is 0 Å². The van der Waals surface area contributed by atoms with Crippen LogP contribution in [0, 0.1) is 0 Å². The van der Waals surface area contributed by atoms with E-state index in [4.69, 9.17) is 0 Å². The molecule has 3 rings (SSSR count). The largest absolute Gasteiger partial charge is 0.419 e. The van der Waals surface area contributed by atoms with E-state index in [2.05, 4.69) is 20.3 Å². The minimum Gasteiger partial charge on any atom is -0.308 e. The zero-order chi connectivity index (χ0) is 21.2. The third-order valence-electron chi connectivity index (χ3n) is 4.61. The quantitative estimate of drug-likeness (QED) is 0.784. The Morgan fingerprint density at radius 2 is 1.97 bits per heavy atom. The molecule has 1 aliphatic heterocycles. The van der Waals surface area contributed by atoms with Crippen molar-refractivity contribution in [3.63, 3.8) is 0 Å². The summed E-state index contributed by atoms with van der Waals surface area (Å²) in [6.45, 7) is 0.657. The van der Waals surface area contributed by atoms with Crippen LogP contribution in [-0.2, 0) is 16.4 Å². The van der Waals surface area contributed by atoms with Crippen LogP contribution in [0.15, 0.2) is 30.6 Å². The molecule has 12 heteroatoms. The second kappa shape index (κ2) is 8.20. The fourth-order valence-electron chi connectivity index (χ4n) is 3.12. The highest BCUT2D eigenvalue weighted by molar-refractivity contribution is 7.86. The molecule has 2 aromatic rings. The number of hydrogen-bond acceptors (Lipinski definition) is 6. The van der Waals surface area contributed by atoms with Gasteiger partial charge in [0.25, 0.3) is 10.2 Å². The highest BCUT2D eigenvalue weighted by atomic mass is 32.2. The number of halogens is 3. The molecule has 29 heavy (non-hydrogen) atoms. The number of nitrogens with one attached hydrogen (secondary N) is 1.